The normalized spacial score (nSPS) is 41.8. The van der Waals surface area contributed by atoms with Gasteiger partial charge in [0.2, 0.25) is 0 Å². The van der Waals surface area contributed by atoms with Gasteiger partial charge >= 0.3 is 0 Å². The number of fused-ring (bicyclic) bond motifs is 1. The second-order valence-corrected chi connectivity index (χ2v) is 7.44. The van der Waals surface area contributed by atoms with Crippen molar-refractivity contribution >= 4 is 0 Å². The summed E-state index contributed by atoms with van der Waals surface area (Å²) in [7, 11) is 0. The molecule has 1 N–H and O–H groups in total. The lowest BCUT2D eigenvalue weighted by atomic mass is 9.63. The van der Waals surface area contributed by atoms with Crippen molar-refractivity contribution < 1.29 is 4.74 Å². The van der Waals surface area contributed by atoms with Gasteiger partial charge in [-0.2, -0.15) is 0 Å². The molecule has 5 atom stereocenters. The molecule has 0 bridgehead atoms. The third-order valence-corrected chi connectivity index (χ3v) is 5.86. The smallest absolute Gasteiger partial charge is 0.0579 e. The van der Waals surface area contributed by atoms with E-state index in [-0.39, 0.29) is 5.54 Å². The van der Waals surface area contributed by atoms with Crippen LogP contribution in [-0.2, 0) is 4.74 Å². The van der Waals surface area contributed by atoms with Crippen LogP contribution in [0.15, 0.2) is 0 Å². The second kappa shape index (κ2) is 6.13. The Morgan fingerprint density at radius 3 is 2.63 bits per heavy atom. The molecule has 0 amide bonds. The van der Waals surface area contributed by atoms with Crippen LogP contribution in [0.25, 0.3) is 0 Å². The van der Waals surface area contributed by atoms with Crippen LogP contribution in [0.1, 0.15) is 66.7 Å². The Bertz CT molecular complexity index is 287. The van der Waals surface area contributed by atoms with E-state index in [1.807, 2.05) is 0 Å². The zero-order chi connectivity index (χ0) is 14.0. The maximum absolute atomic E-state index is 6.08. The van der Waals surface area contributed by atoms with E-state index in [1.54, 1.807) is 0 Å². The van der Waals surface area contributed by atoms with Crippen molar-refractivity contribution in [2.45, 2.75) is 84.4 Å². The van der Waals surface area contributed by atoms with E-state index >= 15 is 0 Å². The van der Waals surface area contributed by atoms with Crippen LogP contribution in [0.4, 0.5) is 0 Å². The summed E-state index contributed by atoms with van der Waals surface area (Å²) in [6.07, 6.45) is 6.77. The molecule has 1 heterocycles. The van der Waals surface area contributed by atoms with E-state index in [4.69, 9.17) is 4.74 Å². The van der Waals surface area contributed by atoms with Gasteiger partial charge in [-0.25, -0.2) is 0 Å². The third kappa shape index (κ3) is 3.33. The van der Waals surface area contributed by atoms with Crippen molar-refractivity contribution in [2.75, 3.05) is 6.61 Å². The summed E-state index contributed by atoms with van der Waals surface area (Å²) in [4.78, 5) is 0. The molecule has 2 aliphatic rings. The molecule has 112 valence electrons. The molecular weight excluding hydrogens is 234 g/mol. The number of hydrogen-bond acceptors (Lipinski definition) is 2. The van der Waals surface area contributed by atoms with Gasteiger partial charge in [-0.15, -0.1) is 0 Å². The first-order chi connectivity index (χ1) is 8.95. The van der Waals surface area contributed by atoms with E-state index in [1.165, 1.54) is 32.1 Å². The first kappa shape index (κ1) is 15.3. The lowest BCUT2D eigenvalue weighted by molar-refractivity contribution is -0.0451. The van der Waals surface area contributed by atoms with Gasteiger partial charge in [-0.3, -0.25) is 0 Å². The first-order valence-corrected chi connectivity index (χ1v) is 8.35. The topological polar surface area (TPSA) is 21.3 Å². The highest BCUT2D eigenvalue weighted by atomic mass is 16.5. The highest BCUT2D eigenvalue weighted by Gasteiger charge is 2.46. The fraction of sp³-hybridized carbons (Fsp3) is 1.00. The van der Waals surface area contributed by atoms with Crippen LogP contribution in [0.2, 0.25) is 0 Å². The summed E-state index contributed by atoms with van der Waals surface area (Å²) in [5.74, 6) is 2.35. The molecule has 0 radical (unpaired) electrons. The zero-order valence-electron chi connectivity index (χ0n) is 13.5. The summed E-state index contributed by atoms with van der Waals surface area (Å²) in [6, 6.07) is 0.715. The molecule has 2 heteroatoms. The van der Waals surface area contributed by atoms with Crippen molar-refractivity contribution in [3.05, 3.63) is 0 Å². The van der Waals surface area contributed by atoms with E-state index in [0.717, 1.165) is 24.4 Å². The van der Waals surface area contributed by atoms with Crippen LogP contribution in [-0.4, -0.2) is 24.3 Å². The summed E-state index contributed by atoms with van der Waals surface area (Å²) in [6.45, 7) is 12.8. The molecule has 1 saturated heterocycles. The number of unbranched alkanes of at least 4 members (excludes halogenated alkanes) is 1. The lowest BCUT2D eigenvalue weighted by Gasteiger charge is -2.53. The van der Waals surface area contributed by atoms with Crippen molar-refractivity contribution in [3.8, 4) is 0 Å². The fourth-order valence-corrected chi connectivity index (χ4v) is 4.11. The van der Waals surface area contributed by atoms with Gasteiger partial charge in [0.1, 0.15) is 0 Å². The Balaban J connectivity index is 1.92. The summed E-state index contributed by atoms with van der Waals surface area (Å²) in [5, 5.41) is 3.91. The van der Waals surface area contributed by atoms with Gasteiger partial charge < -0.3 is 10.1 Å². The Morgan fingerprint density at radius 1 is 1.21 bits per heavy atom. The molecule has 1 aliphatic heterocycles. The minimum Gasteiger partial charge on any atom is -0.378 e. The van der Waals surface area contributed by atoms with Crippen molar-refractivity contribution in [3.63, 3.8) is 0 Å². The number of hydrogen-bond donors (Lipinski definition) is 1. The van der Waals surface area contributed by atoms with E-state index in [9.17, 15) is 0 Å². The van der Waals surface area contributed by atoms with Crippen LogP contribution in [0.3, 0.4) is 0 Å². The summed E-state index contributed by atoms with van der Waals surface area (Å²) >= 11 is 0. The maximum atomic E-state index is 6.08. The first-order valence-electron chi connectivity index (χ1n) is 8.35. The molecule has 0 spiro atoms. The number of nitrogens with one attached hydrogen (secondary N) is 1. The highest BCUT2D eigenvalue weighted by molar-refractivity contribution is 5.02. The second-order valence-electron chi connectivity index (χ2n) is 7.44. The van der Waals surface area contributed by atoms with E-state index in [0.29, 0.717) is 12.1 Å². The van der Waals surface area contributed by atoms with Gasteiger partial charge in [0.15, 0.2) is 0 Å². The Hall–Kier alpha value is -0.0800. The number of piperidine rings is 1. The average molecular weight is 267 g/mol. The van der Waals surface area contributed by atoms with Gasteiger partial charge in [0, 0.05) is 18.2 Å². The predicted molar refractivity (Wildman–Crippen MR) is 81.3 cm³/mol. The maximum Gasteiger partial charge on any atom is 0.0579 e. The molecule has 5 unspecified atom stereocenters. The number of rotatable bonds is 4. The minimum absolute atomic E-state index is 0.288. The van der Waals surface area contributed by atoms with Crippen molar-refractivity contribution in [2.24, 2.45) is 17.8 Å². The van der Waals surface area contributed by atoms with Gasteiger partial charge in [-0.05, 0) is 57.3 Å². The SMILES string of the molecule is CCCCOC1CCC2NC(C)(C)C(C)C(C)C2C1. The molecule has 0 aromatic rings. The molecular formula is C17H33NO. The van der Waals surface area contributed by atoms with Crippen molar-refractivity contribution in [1.29, 1.82) is 0 Å². The standard InChI is InChI=1S/C17H33NO/c1-6-7-10-19-14-8-9-16-15(11-14)12(2)13(3)17(4,5)18-16/h12-16,18H,6-11H2,1-5H3. The average Bonchev–Trinajstić information content (AvgIpc) is 2.37. The Morgan fingerprint density at radius 2 is 1.95 bits per heavy atom. The minimum atomic E-state index is 0.288. The molecule has 2 fully saturated rings. The van der Waals surface area contributed by atoms with Crippen LogP contribution in [0, 0.1) is 17.8 Å². The number of ether oxygens (including phenoxy) is 1. The van der Waals surface area contributed by atoms with Crippen LogP contribution in [0.5, 0.6) is 0 Å². The molecule has 1 aliphatic carbocycles. The Labute approximate surface area is 119 Å². The monoisotopic (exact) mass is 267 g/mol. The molecule has 2 rings (SSSR count). The van der Waals surface area contributed by atoms with E-state index in [2.05, 4.69) is 39.9 Å². The summed E-state index contributed by atoms with van der Waals surface area (Å²) < 4.78 is 6.08. The third-order valence-electron chi connectivity index (χ3n) is 5.86. The van der Waals surface area contributed by atoms with Crippen LogP contribution < -0.4 is 5.32 Å². The molecule has 2 nitrogen and oxygen atoms in total. The lowest BCUT2D eigenvalue weighted by Crippen LogP contribution is -2.62. The fourth-order valence-electron chi connectivity index (χ4n) is 4.11. The quantitative estimate of drug-likeness (QED) is 0.778. The zero-order valence-corrected chi connectivity index (χ0v) is 13.5. The Kier molecular flexibility index (Phi) is 4.94. The van der Waals surface area contributed by atoms with Gasteiger partial charge in [0.05, 0.1) is 6.10 Å². The highest BCUT2D eigenvalue weighted by Crippen LogP contribution is 2.43. The van der Waals surface area contributed by atoms with Crippen LogP contribution >= 0.6 is 0 Å². The largest absolute Gasteiger partial charge is 0.378 e. The van der Waals surface area contributed by atoms with Crippen molar-refractivity contribution in [1.82, 2.24) is 5.32 Å². The predicted octanol–water partition coefficient (Wildman–Crippen LogP) is 3.99. The van der Waals surface area contributed by atoms with Gasteiger partial charge in [0.25, 0.3) is 0 Å². The molecule has 0 aromatic heterocycles. The summed E-state index contributed by atoms with van der Waals surface area (Å²) in [5.41, 5.74) is 0.288. The molecule has 0 aromatic carbocycles. The van der Waals surface area contributed by atoms with Gasteiger partial charge in [-0.1, -0.05) is 27.2 Å². The molecule has 19 heavy (non-hydrogen) atoms. The molecule has 1 saturated carbocycles. The van der Waals surface area contributed by atoms with E-state index < -0.39 is 0 Å².